The van der Waals surface area contributed by atoms with E-state index in [9.17, 15) is 9.59 Å². The summed E-state index contributed by atoms with van der Waals surface area (Å²) in [7, 11) is 3.07. The van der Waals surface area contributed by atoms with Crippen molar-refractivity contribution in [1.29, 1.82) is 0 Å². The monoisotopic (exact) mass is 486 g/mol. The fourth-order valence-electron chi connectivity index (χ4n) is 4.68. The SMILES string of the molecule is CCCOc1ccc(C(=O)[C@H]2C(c3ccc(OC)c(OC)c3)=NO[C@@]23C(=O)Nc2ccccc23)cc1. The Labute approximate surface area is 208 Å². The molecule has 0 unspecified atom stereocenters. The smallest absolute Gasteiger partial charge is 0.277 e. The summed E-state index contributed by atoms with van der Waals surface area (Å²) in [6, 6.07) is 19.3. The molecule has 1 amide bonds. The first-order valence-electron chi connectivity index (χ1n) is 11.7. The molecule has 2 aliphatic heterocycles. The lowest BCUT2D eigenvalue weighted by atomic mass is 9.74. The number of ether oxygens (including phenoxy) is 3. The van der Waals surface area contributed by atoms with Gasteiger partial charge in [0.1, 0.15) is 17.4 Å². The molecule has 0 aromatic heterocycles. The molecular weight excluding hydrogens is 460 g/mol. The highest BCUT2D eigenvalue weighted by molar-refractivity contribution is 6.24. The molecule has 2 aliphatic rings. The zero-order chi connectivity index (χ0) is 25.3. The fraction of sp³-hybridized carbons (Fsp3) is 0.250. The Hall–Kier alpha value is -4.33. The molecule has 0 saturated heterocycles. The van der Waals surface area contributed by atoms with Crippen LogP contribution in [0.15, 0.2) is 71.9 Å². The molecule has 0 fully saturated rings. The van der Waals surface area contributed by atoms with E-state index in [1.165, 1.54) is 7.11 Å². The Balaban J connectivity index is 1.61. The molecule has 8 nitrogen and oxygen atoms in total. The number of methoxy groups -OCH3 is 2. The molecule has 1 N–H and O–H groups in total. The predicted molar refractivity (Wildman–Crippen MR) is 134 cm³/mol. The van der Waals surface area contributed by atoms with Crippen LogP contribution in [-0.4, -0.2) is 38.2 Å². The average Bonchev–Trinajstić information content (AvgIpc) is 3.45. The highest BCUT2D eigenvalue weighted by Gasteiger charge is 2.63. The summed E-state index contributed by atoms with van der Waals surface area (Å²) < 4.78 is 16.5. The van der Waals surface area contributed by atoms with Gasteiger partial charge in [-0.2, -0.15) is 0 Å². The molecular formula is C28H26N2O6. The molecule has 0 aliphatic carbocycles. The summed E-state index contributed by atoms with van der Waals surface area (Å²) in [6.07, 6.45) is 0.877. The van der Waals surface area contributed by atoms with Gasteiger partial charge in [0.05, 0.1) is 20.8 Å². The lowest BCUT2D eigenvalue weighted by molar-refractivity contribution is -0.140. The maximum absolute atomic E-state index is 14.1. The zero-order valence-corrected chi connectivity index (χ0v) is 20.2. The van der Waals surface area contributed by atoms with E-state index >= 15 is 0 Å². The van der Waals surface area contributed by atoms with Gasteiger partial charge in [-0.15, -0.1) is 0 Å². The minimum atomic E-state index is -1.63. The number of oxime groups is 1. The number of anilines is 1. The Bertz CT molecular complexity index is 1350. The lowest BCUT2D eigenvalue weighted by Crippen LogP contribution is -2.46. The number of carbonyl (C=O) groups excluding carboxylic acids is 2. The molecule has 184 valence electrons. The number of Topliss-reactive ketones (excluding diaryl/α,β-unsaturated/α-hetero) is 1. The number of rotatable bonds is 8. The molecule has 8 heteroatoms. The van der Waals surface area contributed by atoms with E-state index in [0.717, 1.165) is 6.42 Å². The predicted octanol–water partition coefficient (Wildman–Crippen LogP) is 4.57. The van der Waals surface area contributed by atoms with E-state index in [1.54, 1.807) is 67.8 Å². The van der Waals surface area contributed by atoms with Crippen LogP contribution in [0.4, 0.5) is 5.69 Å². The summed E-state index contributed by atoms with van der Waals surface area (Å²) in [4.78, 5) is 33.5. The van der Waals surface area contributed by atoms with Crippen molar-refractivity contribution in [2.75, 3.05) is 26.1 Å². The number of hydrogen-bond acceptors (Lipinski definition) is 7. The zero-order valence-electron chi connectivity index (χ0n) is 20.2. The fourth-order valence-corrected chi connectivity index (χ4v) is 4.68. The van der Waals surface area contributed by atoms with Crippen molar-refractivity contribution in [3.63, 3.8) is 0 Å². The van der Waals surface area contributed by atoms with Gasteiger partial charge in [0.2, 0.25) is 0 Å². The first kappa shape index (κ1) is 23.4. The van der Waals surface area contributed by atoms with Crippen molar-refractivity contribution in [3.8, 4) is 17.2 Å². The molecule has 0 radical (unpaired) electrons. The minimum Gasteiger partial charge on any atom is -0.494 e. The van der Waals surface area contributed by atoms with E-state index in [-0.39, 0.29) is 5.78 Å². The second-order valence-corrected chi connectivity index (χ2v) is 8.54. The lowest BCUT2D eigenvalue weighted by Gasteiger charge is -2.26. The standard InChI is InChI=1S/C28H26N2O6/c1-4-15-35-19-12-9-17(10-13-19)26(31)24-25(18-11-14-22(33-2)23(16-18)34-3)30-36-28(24)20-7-5-6-8-21(20)29-27(28)32/h5-14,16,24H,4,15H2,1-3H3,(H,29,32)/t24-,28-/m1/s1. The van der Waals surface area contributed by atoms with Crippen LogP contribution >= 0.6 is 0 Å². The van der Waals surface area contributed by atoms with Crippen molar-refractivity contribution in [2.24, 2.45) is 11.1 Å². The Morgan fingerprint density at radius 2 is 1.78 bits per heavy atom. The topological polar surface area (TPSA) is 95.5 Å². The average molecular weight is 487 g/mol. The second kappa shape index (κ2) is 9.37. The number of nitrogens with zero attached hydrogens (tertiary/aromatic N) is 1. The van der Waals surface area contributed by atoms with Gasteiger partial charge in [-0.25, -0.2) is 0 Å². The number of nitrogens with one attached hydrogen (secondary N) is 1. The van der Waals surface area contributed by atoms with Crippen molar-refractivity contribution in [2.45, 2.75) is 18.9 Å². The maximum Gasteiger partial charge on any atom is 0.277 e. The molecule has 5 rings (SSSR count). The molecule has 3 aromatic rings. The molecule has 36 heavy (non-hydrogen) atoms. The van der Waals surface area contributed by atoms with Gasteiger partial charge in [0.15, 0.2) is 17.3 Å². The van der Waals surface area contributed by atoms with Crippen molar-refractivity contribution >= 4 is 23.1 Å². The molecule has 3 aromatic carbocycles. The summed E-state index contributed by atoms with van der Waals surface area (Å²) in [5.41, 5.74) is 0.858. The molecule has 2 heterocycles. The van der Waals surface area contributed by atoms with Crippen LogP contribution in [0.3, 0.4) is 0 Å². The summed E-state index contributed by atoms with van der Waals surface area (Å²) in [6.45, 7) is 2.61. The van der Waals surface area contributed by atoms with Crippen LogP contribution in [0.5, 0.6) is 17.2 Å². The number of carbonyl (C=O) groups is 2. The normalized spacial score (nSPS) is 19.8. The van der Waals surface area contributed by atoms with Gasteiger partial charge in [0, 0.05) is 22.4 Å². The van der Waals surface area contributed by atoms with E-state index in [2.05, 4.69) is 10.5 Å². The Kier molecular flexibility index (Phi) is 6.10. The van der Waals surface area contributed by atoms with E-state index in [4.69, 9.17) is 19.0 Å². The van der Waals surface area contributed by atoms with Gasteiger partial charge in [-0.3, -0.25) is 9.59 Å². The number of ketones is 1. The summed E-state index contributed by atoms with van der Waals surface area (Å²) >= 11 is 0. The summed E-state index contributed by atoms with van der Waals surface area (Å²) in [5.74, 6) is -0.104. The van der Waals surface area contributed by atoms with Gasteiger partial charge >= 0.3 is 0 Å². The third-order valence-corrected chi connectivity index (χ3v) is 6.43. The highest BCUT2D eigenvalue weighted by Crippen LogP contribution is 2.50. The van der Waals surface area contributed by atoms with Crippen LogP contribution in [0, 0.1) is 5.92 Å². The van der Waals surface area contributed by atoms with Gasteiger partial charge in [0.25, 0.3) is 11.5 Å². The number of amides is 1. The molecule has 1 spiro atoms. The van der Waals surface area contributed by atoms with Crippen LogP contribution in [0.25, 0.3) is 0 Å². The largest absolute Gasteiger partial charge is 0.494 e. The Morgan fingerprint density at radius 1 is 1.03 bits per heavy atom. The van der Waals surface area contributed by atoms with Crippen molar-refractivity contribution < 1.29 is 28.6 Å². The summed E-state index contributed by atoms with van der Waals surface area (Å²) in [5, 5.41) is 7.18. The van der Waals surface area contributed by atoms with Crippen LogP contribution < -0.4 is 19.5 Å². The van der Waals surface area contributed by atoms with Crippen molar-refractivity contribution in [1.82, 2.24) is 0 Å². The number of hydrogen-bond donors (Lipinski definition) is 1. The molecule has 0 bridgehead atoms. The number of benzene rings is 3. The minimum absolute atomic E-state index is 0.296. The van der Waals surface area contributed by atoms with E-state index < -0.39 is 17.4 Å². The molecule has 0 saturated carbocycles. The third kappa shape index (κ3) is 3.66. The maximum atomic E-state index is 14.1. The second-order valence-electron chi connectivity index (χ2n) is 8.54. The molecule has 2 atom stereocenters. The van der Waals surface area contributed by atoms with Crippen LogP contribution in [0.2, 0.25) is 0 Å². The highest BCUT2D eigenvalue weighted by atomic mass is 16.7. The first-order chi connectivity index (χ1) is 17.5. The first-order valence-corrected chi connectivity index (χ1v) is 11.7. The van der Waals surface area contributed by atoms with E-state index in [1.807, 2.05) is 13.0 Å². The number of fused-ring (bicyclic) bond motifs is 2. The quantitative estimate of drug-likeness (QED) is 0.469. The van der Waals surface area contributed by atoms with Gasteiger partial charge in [-0.05, 0) is 55.0 Å². The Morgan fingerprint density at radius 3 is 2.50 bits per heavy atom. The van der Waals surface area contributed by atoms with Crippen LogP contribution in [-0.2, 0) is 15.2 Å². The van der Waals surface area contributed by atoms with E-state index in [0.29, 0.717) is 51.9 Å². The third-order valence-electron chi connectivity index (χ3n) is 6.43. The van der Waals surface area contributed by atoms with Crippen molar-refractivity contribution in [3.05, 3.63) is 83.4 Å². The van der Waals surface area contributed by atoms with Gasteiger partial charge in [-0.1, -0.05) is 30.3 Å². The van der Waals surface area contributed by atoms with Gasteiger partial charge < -0.3 is 24.4 Å². The number of para-hydroxylation sites is 1. The van der Waals surface area contributed by atoms with Crippen LogP contribution in [0.1, 0.15) is 34.8 Å².